The predicted octanol–water partition coefficient (Wildman–Crippen LogP) is 1.56. The maximum absolute atomic E-state index is 12.8. The third-order valence-corrected chi connectivity index (χ3v) is 5.85. The molecule has 24 heavy (non-hydrogen) atoms. The number of aryl methyl sites for hydroxylation is 1. The van der Waals surface area contributed by atoms with E-state index in [0.29, 0.717) is 17.1 Å². The molecular formula is C15H17ClN4O3S. The summed E-state index contributed by atoms with van der Waals surface area (Å²) in [5.74, 6) is -0.470. The molecular weight excluding hydrogens is 352 g/mol. The van der Waals surface area contributed by atoms with E-state index in [4.69, 9.17) is 11.6 Å². The summed E-state index contributed by atoms with van der Waals surface area (Å²) in [7, 11) is -3.21. The van der Waals surface area contributed by atoms with Crippen molar-refractivity contribution in [1.29, 1.82) is 0 Å². The first-order valence-corrected chi connectivity index (χ1v) is 9.75. The first kappa shape index (κ1) is 16.9. The Morgan fingerprint density at radius 1 is 1.38 bits per heavy atom. The van der Waals surface area contributed by atoms with Crippen LogP contribution in [0.15, 0.2) is 30.7 Å². The molecule has 0 N–H and O–H groups in total. The van der Waals surface area contributed by atoms with Crippen LogP contribution in [0.4, 0.5) is 0 Å². The summed E-state index contributed by atoms with van der Waals surface area (Å²) < 4.78 is 25.8. The molecule has 0 bridgehead atoms. The van der Waals surface area contributed by atoms with Gasteiger partial charge in [0.05, 0.1) is 28.8 Å². The number of aromatic nitrogens is 3. The lowest BCUT2D eigenvalue weighted by atomic mass is 10.1. The minimum atomic E-state index is -3.21. The molecule has 0 aromatic carbocycles. The lowest BCUT2D eigenvalue weighted by Crippen LogP contribution is -2.46. The summed E-state index contributed by atoms with van der Waals surface area (Å²) in [6.07, 6.45) is 4.80. The van der Waals surface area contributed by atoms with E-state index in [1.54, 1.807) is 34.1 Å². The number of hydrogen-bond acceptors (Lipinski definition) is 5. The minimum Gasteiger partial charge on any atom is -0.328 e. The molecule has 3 heterocycles. The standard InChI is InChI=1S/C15H17ClN4O3S/c1-2-19-9-11(7-18-19)14-10-24(22,23)6-5-20(14)15(21)13-4-3-12(16)8-17-13/h3-4,7-9,14H,2,5-6,10H2,1H3. The molecule has 1 aliphatic heterocycles. The van der Waals surface area contributed by atoms with E-state index >= 15 is 0 Å². The quantitative estimate of drug-likeness (QED) is 0.820. The number of halogens is 1. The second-order valence-electron chi connectivity index (χ2n) is 5.62. The zero-order chi connectivity index (χ0) is 17.3. The summed E-state index contributed by atoms with van der Waals surface area (Å²) in [6, 6.07) is 2.57. The molecule has 128 valence electrons. The van der Waals surface area contributed by atoms with E-state index in [-0.39, 0.29) is 29.7 Å². The first-order valence-electron chi connectivity index (χ1n) is 7.55. The van der Waals surface area contributed by atoms with Gasteiger partial charge in [0.2, 0.25) is 0 Å². The Labute approximate surface area is 145 Å². The molecule has 1 saturated heterocycles. The van der Waals surface area contributed by atoms with Crippen LogP contribution in [0.5, 0.6) is 0 Å². The van der Waals surface area contributed by atoms with Crippen molar-refractivity contribution in [3.05, 3.63) is 47.0 Å². The number of nitrogens with zero attached hydrogens (tertiary/aromatic N) is 4. The van der Waals surface area contributed by atoms with Crippen LogP contribution in [0.25, 0.3) is 0 Å². The predicted molar refractivity (Wildman–Crippen MR) is 89.6 cm³/mol. The van der Waals surface area contributed by atoms with Crippen LogP contribution in [-0.2, 0) is 16.4 Å². The minimum absolute atomic E-state index is 0.0508. The first-order chi connectivity index (χ1) is 11.4. The summed E-state index contributed by atoms with van der Waals surface area (Å²) in [5.41, 5.74) is 0.953. The smallest absolute Gasteiger partial charge is 0.273 e. The fourth-order valence-electron chi connectivity index (χ4n) is 2.70. The molecule has 1 aliphatic rings. The van der Waals surface area contributed by atoms with Crippen molar-refractivity contribution in [2.24, 2.45) is 0 Å². The fourth-order valence-corrected chi connectivity index (χ4v) is 4.31. The topological polar surface area (TPSA) is 85.2 Å². The molecule has 1 atom stereocenters. The van der Waals surface area contributed by atoms with Crippen LogP contribution >= 0.6 is 11.6 Å². The van der Waals surface area contributed by atoms with Gasteiger partial charge in [-0.3, -0.25) is 9.48 Å². The molecule has 1 fully saturated rings. The van der Waals surface area contributed by atoms with Crippen molar-refractivity contribution in [2.45, 2.75) is 19.5 Å². The summed E-state index contributed by atoms with van der Waals surface area (Å²) in [6.45, 7) is 2.74. The van der Waals surface area contributed by atoms with Crippen LogP contribution < -0.4 is 0 Å². The summed E-state index contributed by atoms with van der Waals surface area (Å²) >= 11 is 5.81. The van der Waals surface area contributed by atoms with Crippen LogP contribution in [0.1, 0.15) is 29.0 Å². The SMILES string of the molecule is CCn1cc(C2CS(=O)(=O)CCN2C(=O)c2ccc(Cl)cn2)cn1. The Hall–Kier alpha value is -1.93. The molecule has 1 amide bonds. The maximum atomic E-state index is 12.8. The zero-order valence-corrected chi connectivity index (χ0v) is 14.7. The molecule has 0 spiro atoms. The highest BCUT2D eigenvalue weighted by atomic mass is 35.5. The van der Waals surface area contributed by atoms with Crippen molar-refractivity contribution in [2.75, 3.05) is 18.1 Å². The lowest BCUT2D eigenvalue weighted by molar-refractivity contribution is 0.0691. The normalized spacial score (nSPS) is 20.1. The Kier molecular flexibility index (Phi) is 4.60. The highest BCUT2D eigenvalue weighted by Gasteiger charge is 2.36. The van der Waals surface area contributed by atoms with Crippen LogP contribution in [0, 0.1) is 0 Å². The lowest BCUT2D eigenvalue weighted by Gasteiger charge is -2.34. The third kappa shape index (κ3) is 3.44. The van der Waals surface area contributed by atoms with E-state index in [0.717, 1.165) is 0 Å². The molecule has 2 aromatic rings. The fraction of sp³-hybridized carbons (Fsp3) is 0.400. The van der Waals surface area contributed by atoms with Crippen LogP contribution in [0.3, 0.4) is 0 Å². The highest BCUT2D eigenvalue weighted by molar-refractivity contribution is 7.91. The molecule has 3 rings (SSSR count). The van der Waals surface area contributed by atoms with E-state index in [2.05, 4.69) is 10.1 Å². The zero-order valence-electron chi connectivity index (χ0n) is 13.1. The Balaban J connectivity index is 1.94. The molecule has 1 unspecified atom stereocenters. The second kappa shape index (κ2) is 6.52. The largest absolute Gasteiger partial charge is 0.328 e. The van der Waals surface area contributed by atoms with Crippen molar-refractivity contribution in [3.63, 3.8) is 0 Å². The van der Waals surface area contributed by atoms with Crippen molar-refractivity contribution in [1.82, 2.24) is 19.7 Å². The van der Waals surface area contributed by atoms with Crippen LogP contribution in [0.2, 0.25) is 5.02 Å². The second-order valence-corrected chi connectivity index (χ2v) is 8.28. The Morgan fingerprint density at radius 3 is 2.79 bits per heavy atom. The Bertz CT molecular complexity index is 848. The van der Waals surface area contributed by atoms with Gasteiger partial charge in [-0.25, -0.2) is 13.4 Å². The number of amides is 1. The van der Waals surface area contributed by atoms with Gasteiger partial charge < -0.3 is 4.90 Å². The average Bonchev–Trinajstić information content (AvgIpc) is 3.03. The molecule has 7 nitrogen and oxygen atoms in total. The van der Waals surface area contributed by atoms with Gasteiger partial charge in [0.25, 0.3) is 5.91 Å². The number of sulfone groups is 1. The molecule has 9 heteroatoms. The molecule has 0 aliphatic carbocycles. The molecule has 2 aromatic heterocycles. The van der Waals surface area contributed by atoms with Gasteiger partial charge in [-0.2, -0.15) is 5.10 Å². The van der Waals surface area contributed by atoms with Gasteiger partial charge in [-0.15, -0.1) is 0 Å². The van der Waals surface area contributed by atoms with Gasteiger partial charge in [0.1, 0.15) is 5.69 Å². The van der Waals surface area contributed by atoms with E-state index < -0.39 is 15.9 Å². The number of carbonyl (C=O) groups excluding carboxylic acids is 1. The molecule has 0 radical (unpaired) electrons. The van der Waals surface area contributed by atoms with Gasteiger partial charge in [-0.05, 0) is 19.1 Å². The van der Waals surface area contributed by atoms with Crippen LogP contribution in [-0.4, -0.2) is 52.0 Å². The van der Waals surface area contributed by atoms with Crippen molar-refractivity contribution >= 4 is 27.3 Å². The van der Waals surface area contributed by atoms with E-state index in [1.165, 1.54) is 6.20 Å². The summed E-state index contributed by atoms with van der Waals surface area (Å²) in [4.78, 5) is 18.4. The van der Waals surface area contributed by atoms with Gasteiger partial charge >= 0.3 is 0 Å². The highest BCUT2D eigenvalue weighted by Crippen LogP contribution is 2.28. The molecule has 0 saturated carbocycles. The van der Waals surface area contributed by atoms with Gasteiger partial charge in [0.15, 0.2) is 9.84 Å². The van der Waals surface area contributed by atoms with E-state index in [1.807, 2.05) is 6.92 Å². The Morgan fingerprint density at radius 2 is 2.17 bits per heavy atom. The number of carbonyl (C=O) groups is 1. The van der Waals surface area contributed by atoms with Crippen molar-refractivity contribution < 1.29 is 13.2 Å². The third-order valence-electron chi connectivity index (χ3n) is 4.00. The number of rotatable bonds is 3. The number of pyridine rings is 1. The average molecular weight is 369 g/mol. The van der Waals surface area contributed by atoms with Gasteiger partial charge in [0, 0.05) is 31.0 Å². The maximum Gasteiger partial charge on any atom is 0.273 e. The van der Waals surface area contributed by atoms with Gasteiger partial charge in [-0.1, -0.05) is 11.6 Å². The number of hydrogen-bond donors (Lipinski definition) is 0. The monoisotopic (exact) mass is 368 g/mol. The van der Waals surface area contributed by atoms with Crippen molar-refractivity contribution in [3.8, 4) is 0 Å². The summed E-state index contributed by atoms with van der Waals surface area (Å²) in [5, 5.41) is 4.63. The van der Waals surface area contributed by atoms with E-state index in [9.17, 15) is 13.2 Å².